The van der Waals surface area contributed by atoms with E-state index in [-0.39, 0.29) is 0 Å². The summed E-state index contributed by atoms with van der Waals surface area (Å²) in [6, 6.07) is 0.765. The Kier molecular flexibility index (Phi) is 2.10. The van der Waals surface area contributed by atoms with Crippen molar-refractivity contribution in [3.8, 4) is 0 Å². The van der Waals surface area contributed by atoms with Crippen LogP contribution in [0.3, 0.4) is 0 Å². The topological polar surface area (TPSA) is 3.24 Å². The molecule has 1 nitrogen and oxygen atoms in total. The summed E-state index contributed by atoms with van der Waals surface area (Å²) in [6.07, 6.45) is 5.54. The number of rotatable bonds is 0. The lowest BCUT2D eigenvalue weighted by Gasteiger charge is -2.28. The van der Waals surface area contributed by atoms with Gasteiger partial charge in [-0.1, -0.05) is 36.8 Å². The summed E-state index contributed by atoms with van der Waals surface area (Å²) in [4.78, 5) is 2.30. The normalized spacial score (nSPS) is 37.5. The molecule has 0 N–H and O–H groups in total. The molecule has 0 amide bonds. The van der Waals surface area contributed by atoms with E-state index in [0.29, 0.717) is 0 Å². The van der Waals surface area contributed by atoms with Crippen LogP contribution in [0, 0.1) is 0 Å². The first kappa shape index (κ1) is 7.87. The number of hydrogen-bond acceptors (Lipinski definition) is 2. The van der Waals surface area contributed by atoms with Gasteiger partial charge in [-0.05, 0) is 12.8 Å². The summed E-state index contributed by atoms with van der Waals surface area (Å²) in [5.41, 5.74) is 0. The van der Waals surface area contributed by atoms with E-state index in [9.17, 15) is 0 Å². The van der Waals surface area contributed by atoms with Gasteiger partial charge in [0, 0.05) is 18.3 Å². The summed E-state index contributed by atoms with van der Waals surface area (Å²) in [5.74, 6) is 0. The van der Waals surface area contributed by atoms with Gasteiger partial charge in [0.15, 0.2) is 0 Å². The molecule has 1 saturated carbocycles. The van der Waals surface area contributed by atoms with E-state index in [1.165, 1.54) is 25.7 Å². The Labute approximate surface area is 77.5 Å². The first-order valence-electron chi connectivity index (χ1n) is 4.22. The Balaban J connectivity index is 2.11. The van der Waals surface area contributed by atoms with E-state index < -0.39 is 0 Å². The number of fused-ring (bicyclic) bond motifs is 1. The van der Waals surface area contributed by atoms with Crippen LogP contribution in [0.4, 0.5) is 0 Å². The maximum atomic E-state index is 5.25. The zero-order valence-corrected chi connectivity index (χ0v) is 8.38. The molecule has 2 atom stereocenters. The van der Waals surface area contributed by atoms with Gasteiger partial charge in [0.05, 0.1) is 0 Å². The van der Waals surface area contributed by atoms with Crippen molar-refractivity contribution in [1.29, 1.82) is 0 Å². The number of thioether (sulfide) groups is 1. The van der Waals surface area contributed by atoms with Crippen LogP contribution in [0.25, 0.3) is 0 Å². The number of thiocarbonyl (C=S) groups is 1. The molecular weight excluding hydrogens is 174 g/mol. The van der Waals surface area contributed by atoms with Crippen LogP contribution < -0.4 is 0 Å². The SMILES string of the molecule is CN1C(=S)S[C@H]2CCCC[C@H]21. The fourth-order valence-corrected chi connectivity index (χ4v) is 3.83. The Morgan fingerprint density at radius 2 is 2.18 bits per heavy atom. The lowest BCUT2D eigenvalue weighted by Crippen LogP contribution is -2.35. The van der Waals surface area contributed by atoms with Crippen molar-refractivity contribution in [2.45, 2.75) is 37.0 Å². The van der Waals surface area contributed by atoms with Crippen LogP contribution in [-0.2, 0) is 0 Å². The van der Waals surface area contributed by atoms with Crippen LogP contribution in [0.2, 0.25) is 0 Å². The molecule has 2 rings (SSSR count). The summed E-state index contributed by atoms with van der Waals surface area (Å²) in [6.45, 7) is 0. The fourth-order valence-electron chi connectivity index (χ4n) is 2.01. The predicted octanol–water partition coefficient (Wildman–Crippen LogP) is 2.26. The molecule has 1 saturated heterocycles. The second kappa shape index (κ2) is 2.94. The van der Waals surface area contributed by atoms with Crippen molar-refractivity contribution < 1.29 is 0 Å². The third-order valence-electron chi connectivity index (χ3n) is 2.71. The lowest BCUT2D eigenvalue weighted by atomic mass is 9.94. The third kappa shape index (κ3) is 1.29. The average molecular weight is 187 g/mol. The van der Waals surface area contributed by atoms with Gasteiger partial charge in [0.2, 0.25) is 0 Å². The van der Waals surface area contributed by atoms with Crippen molar-refractivity contribution in [1.82, 2.24) is 4.90 Å². The summed E-state index contributed by atoms with van der Waals surface area (Å²) >= 11 is 7.16. The van der Waals surface area contributed by atoms with Crippen LogP contribution in [0.15, 0.2) is 0 Å². The highest BCUT2D eigenvalue weighted by Gasteiger charge is 2.36. The summed E-state index contributed by atoms with van der Waals surface area (Å²) < 4.78 is 1.11. The minimum Gasteiger partial charge on any atom is -0.356 e. The number of nitrogens with zero attached hydrogens (tertiary/aromatic N) is 1. The molecule has 2 aliphatic rings. The van der Waals surface area contributed by atoms with Gasteiger partial charge in [-0.15, -0.1) is 0 Å². The smallest absolute Gasteiger partial charge is 0.136 e. The van der Waals surface area contributed by atoms with Gasteiger partial charge >= 0.3 is 0 Å². The van der Waals surface area contributed by atoms with Gasteiger partial charge in [-0.3, -0.25) is 0 Å². The van der Waals surface area contributed by atoms with Gasteiger partial charge < -0.3 is 4.90 Å². The molecule has 1 aliphatic carbocycles. The summed E-state index contributed by atoms with van der Waals surface area (Å²) in [5, 5.41) is 0.821. The monoisotopic (exact) mass is 187 g/mol. The van der Waals surface area contributed by atoms with E-state index in [1.807, 2.05) is 11.8 Å². The molecule has 0 unspecified atom stereocenters. The zero-order valence-electron chi connectivity index (χ0n) is 6.75. The Morgan fingerprint density at radius 1 is 1.45 bits per heavy atom. The third-order valence-corrected chi connectivity index (χ3v) is 4.62. The quantitative estimate of drug-likeness (QED) is 0.536. The van der Waals surface area contributed by atoms with Crippen LogP contribution in [0.1, 0.15) is 25.7 Å². The largest absolute Gasteiger partial charge is 0.356 e. The van der Waals surface area contributed by atoms with E-state index in [1.54, 1.807) is 0 Å². The van der Waals surface area contributed by atoms with Crippen molar-refractivity contribution in [2.75, 3.05) is 7.05 Å². The maximum Gasteiger partial charge on any atom is 0.136 e. The van der Waals surface area contributed by atoms with Crippen LogP contribution in [0.5, 0.6) is 0 Å². The molecule has 0 aromatic heterocycles. The minimum atomic E-state index is 0.765. The van der Waals surface area contributed by atoms with E-state index >= 15 is 0 Å². The van der Waals surface area contributed by atoms with Crippen molar-refractivity contribution in [3.63, 3.8) is 0 Å². The van der Waals surface area contributed by atoms with Crippen molar-refractivity contribution in [2.24, 2.45) is 0 Å². The highest BCUT2D eigenvalue weighted by Crippen LogP contribution is 2.39. The lowest BCUT2D eigenvalue weighted by molar-refractivity contribution is 0.305. The summed E-state index contributed by atoms with van der Waals surface area (Å²) in [7, 11) is 2.14. The van der Waals surface area contributed by atoms with Crippen LogP contribution in [-0.4, -0.2) is 27.6 Å². The van der Waals surface area contributed by atoms with E-state index in [0.717, 1.165) is 15.6 Å². The number of hydrogen-bond donors (Lipinski definition) is 0. The molecule has 3 heteroatoms. The van der Waals surface area contributed by atoms with Crippen molar-refractivity contribution in [3.05, 3.63) is 0 Å². The minimum absolute atomic E-state index is 0.765. The van der Waals surface area contributed by atoms with Gasteiger partial charge in [0.25, 0.3) is 0 Å². The first-order valence-corrected chi connectivity index (χ1v) is 5.51. The van der Waals surface area contributed by atoms with Crippen LogP contribution >= 0.6 is 24.0 Å². The first-order chi connectivity index (χ1) is 5.29. The highest BCUT2D eigenvalue weighted by atomic mass is 32.2. The Hall–Kier alpha value is 0.240. The van der Waals surface area contributed by atoms with Gasteiger partial charge in [-0.2, -0.15) is 0 Å². The molecule has 0 aromatic rings. The second-order valence-corrected chi connectivity index (χ2v) is 5.26. The van der Waals surface area contributed by atoms with Gasteiger partial charge in [0.1, 0.15) is 4.32 Å². The molecular formula is C8H13NS2. The van der Waals surface area contributed by atoms with Crippen molar-refractivity contribution >= 4 is 28.3 Å². The van der Waals surface area contributed by atoms with Gasteiger partial charge in [-0.25, -0.2) is 0 Å². The molecule has 1 heterocycles. The molecule has 0 aromatic carbocycles. The molecule has 0 radical (unpaired) electrons. The molecule has 2 fully saturated rings. The Bertz CT molecular complexity index is 181. The molecule has 0 spiro atoms. The molecule has 0 bridgehead atoms. The predicted molar refractivity (Wildman–Crippen MR) is 54.0 cm³/mol. The molecule has 1 aliphatic heterocycles. The van der Waals surface area contributed by atoms with E-state index in [2.05, 4.69) is 11.9 Å². The zero-order chi connectivity index (χ0) is 7.84. The molecule has 11 heavy (non-hydrogen) atoms. The second-order valence-electron chi connectivity index (χ2n) is 3.38. The van der Waals surface area contributed by atoms with E-state index in [4.69, 9.17) is 12.2 Å². The highest BCUT2D eigenvalue weighted by molar-refractivity contribution is 8.23. The Morgan fingerprint density at radius 3 is 2.91 bits per heavy atom. The maximum absolute atomic E-state index is 5.25. The fraction of sp³-hybridized carbons (Fsp3) is 0.875. The average Bonchev–Trinajstić information content (AvgIpc) is 2.30. The standard InChI is InChI=1S/C8H13NS2/c1-9-6-4-2-3-5-7(6)11-8(9)10/h6-7H,2-5H2,1H3/t6-,7+/m1/s1. The molecule has 62 valence electrons.